The molecule has 0 spiro atoms. The third-order valence-electron chi connectivity index (χ3n) is 2.89. The van der Waals surface area contributed by atoms with Crippen molar-refractivity contribution in [2.75, 3.05) is 12.4 Å². The standard InChI is InChI=1S/C15H16ClN3O2/c1-10-6-13(14(21-3)7-12(10)16)18-15(20)5-4-11-8-17-19(2)9-11/h4-9H,1-3H3,(H,18,20). The zero-order valence-electron chi connectivity index (χ0n) is 12.1. The maximum atomic E-state index is 11.9. The number of anilines is 1. The minimum atomic E-state index is -0.251. The highest BCUT2D eigenvalue weighted by molar-refractivity contribution is 6.31. The fourth-order valence-electron chi connectivity index (χ4n) is 1.80. The van der Waals surface area contributed by atoms with Crippen LogP contribution in [0.25, 0.3) is 6.08 Å². The maximum Gasteiger partial charge on any atom is 0.248 e. The molecule has 6 heteroatoms. The van der Waals surface area contributed by atoms with Gasteiger partial charge in [0.15, 0.2) is 0 Å². The highest BCUT2D eigenvalue weighted by Gasteiger charge is 2.08. The van der Waals surface area contributed by atoms with E-state index in [4.69, 9.17) is 16.3 Å². The summed E-state index contributed by atoms with van der Waals surface area (Å²) >= 11 is 6.03. The summed E-state index contributed by atoms with van der Waals surface area (Å²) in [6, 6.07) is 3.45. The first kappa shape index (κ1) is 15.1. The second kappa shape index (κ2) is 6.45. The predicted molar refractivity (Wildman–Crippen MR) is 83.6 cm³/mol. The van der Waals surface area contributed by atoms with E-state index in [1.165, 1.54) is 13.2 Å². The number of carbonyl (C=O) groups is 1. The number of aromatic nitrogens is 2. The molecule has 21 heavy (non-hydrogen) atoms. The molecule has 110 valence electrons. The van der Waals surface area contributed by atoms with Gasteiger partial charge >= 0.3 is 0 Å². The van der Waals surface area contributed by atoms with Crippen LogP contribution in [0.4, 0.5) is 5.69 Å². The Balaban J connectivity index is 2.12. The molecule has 0 aliphatic heterocycles. The predicted octanol–water partition coefficient (Wildman–Crippen LogP) is 3.04. The molecule has 1 N–H and O–H groups in total. The molecule has 0 saturated carbocycles. The Labute approximate surface area is 128 Å². The molecule has 5 nitrogen and oxygen atoms in total. The van der Waals surface area contributed by atoms with Crippen LogP contribution in [0, 0.1) is 6.92 Å². The van der Waals surface area contributed by atoms with Gasteiger partial charge in [-0.1, -0.05) is 11.6 Å². The van der Waals surface area contributed by atoms with Gasteiger partial charge in [-0.15, -0.1) is 0 Å². The van der Waals surface area contributed by atoms with Gasteiger partial charge in [0, 0.05) is 36.0 Å². The van der Waals surface area contributed by atoms with Crippen molar-refractivity contribution in [3.8, 4) is 5.75 Å². The largest absolute Gasteiger partial charge is 0.495 e. The van der Waals surface area contributed by atoms with Crippen molar-refractivity contribution in [2.24, 2.45) is 7.05 Å². The van der Waals surface area contributed by atoms with E-state index in [2.05, 4.69) is 10.4 Å². The number of halogens is 1. The van der Waals surface area contributed by atoms with E-state index in [0.29, 0.717) is 16.5 Å². The lowest BCUT2D eigenvalue weighted by molar-refractivity contribution is -0.111. The third-order valence-corrected chi connectivity index (χ3v) is 3.30. The zero-order chi connectivity index (χ0) is 15.4. The first-order valence-electron chi connectivity index (χ1n) is 6.31. The zero-order valence-corrected chi connectivity index (χ0v) is 12.8. The molecule has 0 atom stereocenters. The van der Waals surface area contributed by atoms with Crippen LogP contribution in [0.3, 0.4) is 0 Å². The molecule has 0 aliphatic rings. The topological polar surface area (TPSA) is 56.1 Å². The van der Waals surface area contributed by atoms with Crippen molar-refractivity contribution in [1.82, 2.24) is 9.78 Å². The van der Waals surface area contributed by atoms with Gasteiger partial charge in [0.2, 0.25) is 5.91 Å². The number of amides is 1. The van der Waals surface area contributed by atoms with Crippen molar-refractivity contribution in [3.05, 3.63) is 46.8 Å². The molecular formula is C15H16ClN3O2. The van der Waals surface area contributed by atoms with E-state index in [1.807, 2.05) is 20.2 Å². The number of carbonyl (C=O) groups excluding carboxylic acids is 1. The Morgan fingerprint density at radius 3 is 2.86 bits per heavy atom. The summed E-state index contributed by atoms with van der Waals surface area (Å²) in [4.78, 5) is 11.9. The molecular weight excluding hydrogens is 290 g/mol. The molecule has 2 rings (SSSR count). The molecule has 0 saturated heterocycles. The number of hydrogen-bond donors (Lipinski definition) is 1. The van der Waals surface area contributed by atoms with Gasteiger partial charge < -0.3 is 10.1 Å². The van der Waals surface area contributed by atoms with E-state index in [-0.39, 0.29) is 5.91 Å². The van der Waals surface area contributed by atoms with Crippen LogP contribution in [0.15, 0.2) is 30.6 Å². The molecule has 0 radical (unpaired) electrons. The Morgan fingerprint density at radius 1 is 1.48 bits per heavy atom. The number of nitrogens with zero attached hydrogens (tertiary/aromatic N) is 2. The lowest BCUT2D eigenvalue weighted by Crippen LogP contribution is -2.09. The molecule has 0 aliphatic carbocycles. The van der Waals surface area contributed by atoms with Gasteiger partial charge in [-0.3, -0.25) is 9.48 Å². The fraction of sp³-hybridized carbons (Fsp3) is 0.200. The number of hydrogen-bond acceptors (Lipinski definition) is 3. The van der Waals surface area contributed by atoms with Crippen LogP contribution >= 0.6 is 11.6 Å². The molecule has 0 bridgehead atoms. The van der Waals surface area contributed by atoms with Gasteiger partial charge in [0.25, 0.3) is 0 Å². The van der Waals surface area contributed by atoms with Gasteiger partial charge in [-0.05, 0) is 24.6 Å². The summed E-state index contributed by atoms with van der Waals surface area (Å²) in [6.07, 6.45) is 6.63. The van der Waals surface area contributed by atoms with Crippen molar-refractivity contribution < 1.29 is 9.53 Å². The Bertz CT molecular complexity index is 692. The molecule has 1 aromatic carbocycles. The Hall–Kier alpha value is -2.27. The van der Waals surface area contributed by atoms with E-state index in [9.17, 15) is 4.79 Å². The number of ether oxygens (including phenoxy) is 1. The summed E-state index contributed by atoms with van der Waals surface area (Å²) in [5.74, 6) is 0.271. The Kier molecular flexibility index (Phi) is 4.65. The molecule has 1 heterocycles. The third kappa shape index (κ3) is 3.86. The quantitative estimate of drug-likeness (QED) is 0.883. The van der Waals surface area contributed by atoms with Crippen molar-refractivity contribution in [2.45, 2.75) is 6.92 Å². The molecule has 0 fully saturated rings. The summed E-state index contributed by atoms with van der Waals surface area (Å²) in [6.45, 7) is 1.86. The molecule has 1 aromatic heterocycles. The molecule has 2 aromatic rings. The molecule has 1 amide bonds. The van der Waals surface area contributed by atoms with Gasteiger partial charge in [0.05, 0.1) is 19.0 Å². The van der Waals surface area contributed by atoms with Crippen LogP contribution in [-0.2, 0) is 11.8 Å². The second-order valence-electron chi connectivity index (χ2n) is 4.57. The lowest BCUT2D eigenvalue weighted by atomic mass is 10.2. The normalized spacial score (nSPS) is 10.9. The monoisotopic (exact) mass is 305 g/mol. The first-order chi connectivity index (χ1) is 9.99. The summed E-state index contributed by atoms with van der Waals surface area (Å²) in [5, 5.41) is 7.39. The van der Waals surface area contributed by atoms with Crippen molar-refractivity contribution >= 4 is 29.3 Å². The average Bonchev–Trinajstić information content (AvgIpc) is 2.86. The number of rotatable bonds is 4. The highest BCUT2D eigenvalue weighted by atomic mass is 35.5. The number of nitrogens with one attached hydrogen (secondary N) is 1. The maximum absolute atomic E-state index is 11.9. The lowest BCUT2D eigenvalue weighted by Gasteiger charge is -2.11. The summed E-state index contributed by atoms with van der Waals surface area (Å²) in [5.41, 5.74) is 2.30. The van der Waals surface area contributed by atoms with Crippen molar-refractivity contribution in [3.63, 3.8) is 0 Å². The van der Waals surface area contributed by atoms with Crippen LogP contribution in [0.2, 0.25) is 5.02 Å². The second-order valence-corrected chi connectivity index (χ2v) is 4.98. The molecule has 0 unspecified atom stereocenters. The fourth-order valence-corrected chi connectivity index (χ4v) is 1.96. The van der Waals surface area contributed by atoms with E-state index in [0.717, 1.165) is 11.1 Å². The minimum absolute atomic E-state index is 0.251. The first-order valence-corrected chi connectivity index (χ1v) is 6.69. The Morgan fingerprint density at radius 2 is 2.24 bits per heavy atom. The SMILES string of the molecule is COc1cc(Cl)c(C)cc1NC(=O)C=Cc1cnn(C)c1. The minimum Gasteiger partial charge on any atom is -0.495 e. The van der Waals surface area contributed by atoms with Crippen LogP contribution in [-0.4, -0.2) is 22.8 Å². The van der Waals surface area contributed by atoms with Gasteiger partial charge in [0.1, 0.15) is 5.75 Å². The van der Waals surface area contributed by atoms with Gasteiger partial charge in [-0.25, -0.2) is 0 Å². The number of methoxy groups -OCH3 is 1. The smallest absolute Gasteiger partial charge is 0.248 e. The summed E-state index contributed by atoms with van der Waals surface area (Å²) < 4.78 is 6.88. The van der Waals surface area contributed by atoms with E-state index >= 15 is 0 Å². The number of benzene rings is 1. The van der Waals surface area contributed by atoms with Crippen molar-refractivity contribution in [1.29, 1.82) is 0 Å². The van der Waals surface area contributed by atoms with E-state index in [1.54, 1.807) is 29.1 Å². The van der Waals surface area contributed by atoms with E-state index < -0.39 is 0 Å². The summed E-state index contributed by atoms with van der Waals surface area (Å²) in [7, 11) is 3.35. The van der Waals surface area contributed by atoms with Crippen LogP contribution < -0.4 is 10.1 Å². The van der Waals surface area contributed by atoms with Gasteiger partial charge in [-0.2, -0.15) is 5.10 Å². The highest BCUT2D eigenvalue weighted by Crippen LogP contribution is 2.30. The van der Waals surface area contributed by atoms with Crippen LogP contribution in [0.5, 0.6) is 5.75 Å². The average molecular weight is 306 g/mol. The van der Waals surface area contributed by atoms with Crippen LogP contribution in [0.1, 0.15) is 11.1 Å². The number of aryl methyl sites for hydroxylation is 2.